The second-order valence-electron chi connectivity index (χ2n) is 10.3. The highest BCUT2D eigenvalue weighted by atomic mass is 16.5. The second-order valence-corrected chi connectivity index (χ2v) is 10.3. The average Bonchev–Trinajstić information content (AvgIpc) is 2.93. The number of nitrogens with zero attached hydrogens (tertiary/aromatic N) is 1. The smallest absolute Gasteiger partial charge is 0.245 e. The Hall–Kier alpha value is -2.53. The minimum Gasteiger partial charge on any atom is -0.345 e. The lowest BCUT2D eigenvalue weighted by Crippen LogP contribution is -2.61. The van der Waals surface area contributed by atoms with E-state index in [1.807, 2.05) is 13.8 Å². The highest BCUT2D eigenvalue weighted by Gasteiger charge is 2.40. The van der Waals surface area contributed by atoms with Crippen LogP contribution >= 0.6 is 0 Å². The normalized spacial score (nSPS) is 16.1. The van der Waals surface area contributed by atoms with Gasteiger partial charge in [0, 0.05) is 13.0 Å². The molecule has 1 aliphatic carbocycles. The predicted molar refractivity (Wildman–Crippen MR) is 144 cm³/mol. The summed E-state index contributed by atoms with van der Waals surface area (Å²) in [5.41, 5.74) is 0.908. The van der Waals surface area contributed by atoms with Crippen molar-refractivity contribution in [2.45, 2.75) is 121 Å². The number of unbranched alkanes of at least 4 members (excludes halogenated alkanes) is 3. The van der Waals surface area contributed by atoms with E-state index in [1.54, 1.807) is 12.5 Å². The standard InChI is InChI=1S/C27H49N5O6/c1-4-6-14-22(30-26(37)27(28-3)16-11-8-12-17-27)25(36)32(18-5-2)19-24(35)29-21(20-33)13-9-7-10-15-23(34)31-38/h20-22,28,38H,4-19H2,1-3H3,(H,29,35)(H,30,37)(H,31,34). The second kappa shape index (κ2) is 18.7. The molecular formula is C27H49N5O6. The van der Waals surface area contributed by atoms with Crippen molar-refractivity contribution in [2.75, 3.05) is 20.1 Å². The minimum absolute atomic E-state index is 0.160. The molecule has 1 fully saturated rings. The molecule has 0 aromatic rings. The van der Waals surface area contributed by atoms with Gasteiger partial charge in [-0.2, -0.15) is 0 Å². The van der Waals surface area contributed by atoms with Crippen LogP contribution in [-0.4, -0.2) is 77.8 Å². The number of nitrogens with one attached hydrogen (secondary N) is 4. The van der Waals surface area contributed by atoms with Crippen molar-refractivity contribution in [1.29, 1.82) is 0 Å². The first-order valence-electron chi connectivity index (χ1n) is 14.2. The zero-order valence-electron chi connectivity index (χ0n) is 23.5. The van der Waals surface area contributed by atoms with Crippen molar-refractivity contribution >= 4 is 29.9 Å². The molecule has 0 spiro atoms. The van der Waals surface area contributed by atoms with Gasteiger partial charge in [-0.25, -0.2) is 5.48 Å². The van der Waals surface area contributed by atoms with Gasteiger partial charge in [-0.1, -0.05) is 58.8 Å². The van der Waals surface area contributed by atoms with Gasteiger partial charge in [-0.3, -0.25) is 24.4 Å². The van der Waals surface area contributed by atoms with E-state index in [2.05, 4.69) is 16.0 Å². The van der Waals surface area contributed by atoms with Gasteiger partial charge in [0.1, 0.15) is 12.3 Å². The Labute approximate surface area is 227 Å². The summed E-state index contributed by atoms with van der Waals surface area (Å²) in [6.07, 6.45) is 10.4. The van der Waals surface area contributed by atoms with Crippen LogP contribution in [0.2, 0.25) is 0 Å². The molecule has 4 amide bonds. The number of carbonyl (C=O) groups excluding carboxylic acids is 5. The summed E-state index contributed by atoms with van der Waals surface area (Å²) < 4.78 is 0. The Kier molecular flexibility index (Phi) is 16.5. The van der Waals surface area contributed by atoms with Crippen LogP contribution in [0.25, 0.3) is 0 Å². The summed E-state index contributed by atoms with van der Waals surface area (Å²) in [5.74, 6) is -1.33. The molecule has 0 saturated heterocycles. The topological polar surface area (TPSA) is 157 Å². The summed E-state index contributed by atoms with van der Waals surface area (Å²) in [6.45, 7) is 4.11. The molecule has 2 atom stereocenters. The quantitative estimate of drug-likeness (QED) is 0.0727. The van der Waals surface area contributed by atoms with Gasteiger partial charge in [0.25, 0.3) is 0 Å². The Morgan fingerprint density at radius 2 is 1.63 bits per heavy atom. The van der Waals surface area contributed by atoms with Crippen LogP contribution in [0.5, 0.6) is 0 Å². The SMILES string of the molecule is CCCCC(NC(=O)C1(NC)CCCCC1)C(=O)N(CCC)CC(=O)NC(C=O)CCCCCC(=O)NO. The van der Waals surface area contributed by atoms with E-state index < -0.39 is 29.4 Å². The van der Waals surface area contributed by atoms with E-state index in [4.69, 9.17) is 5.21 Å². The highest BCUT2D eigenvalue weighted by molar-refractivity contribution is 5.93. The van der Waals surface area contributed by atoms with Crippen molar-refractivity contribution in [2.24, 2.45) is 0 Å². The van der Waals surface area contributed by atoms with Crippen LogP contribution in [0.1, 0.15) is 104 Å². The van der Waals surface area contributed by atoms with Gasteiger partial charge >= 0.3 is 0 Å². The summed E-state index contributed by atoms with van der Waals surface area (Å²) in [5, 5.41) is 17.4. The van der Waals surface area contributed by atoms with Crippen LogP contribution in [0.4, 0.5) is 0 Å². The van der Waals surface area contributed by atoms with Crippen LogP contribution in [0.3, 0.4) is 0 Å². The molecule has 1 saturated carbocycles. The molecule has 0 bridgehead atoms. The molecule has 0 aromatic carbocycles. The van der Waals surface area contributed by atoms with E-state index in [9.17, 15) is 24.0 Å². The number of aldehydes is 1. The van der Waals surface area contributed by atoms with Crippen molar-refractivity contribution in [3.05, 3.63) is 0 Å². The third-order valence-electron chi connectivity index (χ3n) is 7.26. The Morgan fingerprint density at radius 1 is 0.921 bits per heavy atom. The zero-order chi connectivity index (χ0) is 28.4. The van der Waals surface area contributed by atoms with Crippen molar-refractivity contribution in [3.63, 3.8) is 0 Å². The molecule has 11 heteroatoms. The first-order chi connectivity index (χ1) is 18.3. The lowest BCUT2D eigenvalue weighted by molar-refractivity contribution is -0.141. The molecule has 218 valence electrons. The van der Waals surface area contributed by atoms with Gasteiger partial charge in [0.05, 0.1) is 18.1 Å². The molecular weight excluding hydrogens is 490 g/mol. The van der Waals surface area contributed by atoms with E-state index in [0.29, 0.717) is 51.4 Å². The van der Waals surface area contributed by atoms with E-state index in [0.717, 1.165) is 44.9 Å². The maximum atomic E-state index is 13.6. The molecule has 38 heavy (non-hydrogen) atoms. The minimum atomic E-state index is -0.716. The average molecular weight is 540 g/mol. The lowest BCUT2D eigenvalue weighted by Gasteiger charge is -2.37. The fourth-order valence-electron chi connectivity index (χ4n) is 4.95. The molecule has 2 unspecified atom stereocenters. The molecule has 0 radical (unpaired) electrons. The van der Waals surface area contributed by atoms with Gasteiger partial charge in [-0.05, 0) is 45.6 Å². The number of likely N-dealkylation sites (N-methyl/N-ethyl adjacent to an activating group) is 1. The van der Waals surface area contributed by atoms with Gasteiger partial charge in [0.2, 0.25) is 23.6 Å². The maximum Gasteiger partial charge on any atom is 0.245 e. The zero-order valence-corrected chi connectivity index (χ0v) is 23.5. The number of hydroxylamine groups is 1. The van der Waals surface area contributed by atoms with E-state index in [-0.39, 0.29) is 24.8 Å². The van der Waals surface area contributed by atoms with Crippen molar-refractivity contribution in [1.82, 2.24) is 26.3 Å². The van der Waals surface area contributed by atoms with E-state index in [1.165, 1.54) is 4.90 Å². The fourth-order valence-corrected chi connectivity index (χ4v) is 4.95. The summed E-state index contributed by atoms with van der Waals surface area (Å²) in [7, 11) is 1.79. The van der Waals surface area contributed by atoms with Crippen LogP contribution in [0, 0.1) is 0 Å². The third kappa shape index (κ3) is 11.5. The number of carbonyl (C=O) groups is 5. The lowest BCUT2D eigenvalue weighted by atomic mass is 9.81. The molecule has 1 rings (SSSR count). The monoisotopic (exact) mass is 539 g/mol. The predicted octanol–water partition coefficient (Wildman–Crippen LogP) is 1.96. The molecule has 5 N–H and O–H groups in total. The van der Waals surface area contributed by atoms with Gasteiger partial charge < -0.3 is 25.6 Å². The molecule has 0 aromatic heterocycles. The Bertz CT molecular complexity index is 756. The first kappa shape index (κ1) is 33.5. The largest absolute Gasteiger partial charge is 0.345 e. The molecule has 11 nitrogen and oxygen atoms in total. The number of hydrogen-bond acceptors (Lipinski definition) is 7. The summed E-state index contributed by atoms with van der Waals surface area (Å²) in [6, 6.07) is -1.41. The fraction of sp³-hybridized carbons (Fsp3) is 0.815. The highest BCUT2D eigenvalue weighted by Crippen LogP contribution is 2.28. The van der Waals surface area contributed by atoms with Gasteiger partial charge in [0.15, 0.2) is 0 Å². The van der Waals surface area contributed by atoms with Gasteiger partial charge in [-0.15, -0.1) is 0 Å². The number of rotatable bonds is 19. The molecule has 1 aliphatic rings. The van der Waals surface area contributed by atoms with Crippen LogP contribution in [-0.2, 0) is 24.0 Å². The van der Waals surface area contributed by atoms with E-state index >= 15 is 0 Å². The Balaban J connectivity index is 2.77. The number of amides is 4. The molecule has 0 heterocycles. The first-order valence-corrected chi connectivity index (χ1v) is 14.2. The summed E-state index contributed by atoms with van der Waals surface area (Å²) in [4.78, 5) is 63.7. The molecule has 0 aliphatic heterocycles. The van der Waals surface area contributed by atoms with Crippen LogP contribution < -0.4 is 21.4 Å². The van der Waals surface area contributed by atoms with Crippen molar-refractivity contribution in [3.8, 4) is 0 Å². The summed E-state index contributed by atoms with van der Waals surface area (Å²) >= 11 is 0. The van der Waals surface area contributed by atoms with Crippen molar-refractivity contribution < 1.29 is 29.2 Å². The van der Waals surface area contributed by atoms with Crippen LogP contribution in [0.15, 0.2) is 0 Å². The number of hydrogen-bond donors (Lipinski definition) is 5. The maximum absolute atomic E-state index is 13.6. The third-order valence-corrected chi connectivity index (χ3v) is 7.26. The Morgan fingerprint density at radius 3 is 2.21 bits per heavy atom.